The lowest BCUT2D eigenvalue weighted by Crippen LogP contribution is -2.33. The summed E-state index contributed by atoms with van der Waals surface area (Å²) in [5.41, 5.74) is 4.41. The van der Waals surface area contributed by atoms with E-state index in [0.29, 0.717) is 16.4 Å². The first kappa shape index (κ1) is 18.0. The molecule has 1 aromatic carbocycles. The monoisotopic (exact) mass is 366 g/mol. The third-order valence-electron chi connectivity index (χ3n) is 4.46. The van der Waals surface area contributed by atoms with Crippen molar-refractivity contribution >= 4 is 39.8 Å². The Morgan fingerprint density at radius 1 is 1.38 bits per heavy atom. The maximum absolute atomic E-state index is 12.3. The molecule has 0 saturated heterocycles. The van der Waals surface area contributed by atoms with Crippen molar-refractivity contribution in [2.24, 2.45) is 4.99 Å². The zero-order chi connectivity index (χ0) is 19.0. The fraction of sp³-hybridized carbons (Fsp3) is 0.250. The molecule has 6 heteroatoms. The number of likely N-dealkylation sites (N-methyl/N-ethyl adjacent to an activating group) is 1. The number of hydrogen-bond donors (Lipinski definition) is 0. The van der Waals surface area contributed by atoms with E-state index in [1.807, 2.05) is 42.8 Å². The molecule has 0 N–H and O–H groups in total. The minimum atomic E-state index is 0.0134. The second-order valence-electron chi connectivity index (χ2n) is 6.36. The molecule has 2 heterocycles. The fourth-order valence-electron chi connectivity index (χ4n) is 3.04. The largest absolute Gasteiger partial charge is 0.336 e. The van der Waals surface area contributed by atoms with Gasteiger partial charge in [0.2, 0.25) is 5.91 Å². The molecule has 1 aliphatic rings. The lowest BCUT2D eigenvalue weighted by molar-refractivity contribution is -0.119. The van der Waals surface area contributed by atoms with Crippen molar-refractivity contribution in [2.75, 3.05) is 11.9 Å². The molecule has 0 atom stereocenters. The van der Waals surface area contributed by atoms with Gasteiger partial charge in [-0.15, -0.1) is 0 Å². The lowest BCUT2D eigenvalue weighted by Gasteiger charge is -2.24. The van der Waals surface area contributed by atoms with Gasteiger partial charge in [0.15, 0.2) is 0 Å². The first-order chi connectivity index (χ1) is 12.4. The molecule has 0 spiro atoms. The molecule has 0 aliphatic carbocycles. The Morgan fingerprint density at radius 3 is 2.73 bits per heavy atom. The van der Waals surface area contributed by atoms with Crippen molar-refractivity contribution in [1.82, 2.24) is 4.57 Å². The number of para-hydroxylation sites is 1. The summed E-state index contributed by atoms with van der Waals surface area (Å²) >= 11 is 6.29. The van der Waals surface area contributed by atoms with Crippen molar-refractivity contribution in [1.29, 1.82) is 5.26 Å². The number of benzene rings is 1. The molecule has 2 aromatic rings. The molecule has 0 bridgehead atoms. The summed E-state index contributed by atoms with van der Waals surface area (Å²) in [7, 11) is 1.77. The van der Waals surface area contributed by atoms with Gasteiger partial charge in [-0.05, 0) is 32.4 Å². The number of aromatic nitrogens is 1. The van der Waals surface area contributed by atoms with Crippen LogP contribution in [0.5, 0.6) is 0 Å². The summed E-state index contributed by atoms with van der Waals surface area (Å²) in [6.45, 7) is 5.79. The lowest BCUT2D eigenvalue weighted by atomic mass is 10.0. The van der Waals surface area contributed by atoms with Gasteiger partial charge >= 0.3 is 0 Å². The van der Waals surface area contributed by atoms with Crippen LogP contribution >= 0.6 is 11.6 Å². The topological polar surface area (TPSA) is 61.4 Å². The summed E-state index contributed by atoms with van der Waals surface area (Å²) < 4.78 is 1.92. The van der Waals surface area contributed by atoms with Gasteiger partial charge in [0, 0.05) is 24.2 Å². The van der Waals surface area contributed by atoms with Crippen molar-refractivity contribution in [2.45, 2.75) is 27.3 Å². The van der Waals surface area contributed by atoms with Crippen LogP contribution in [0.3, 0.4) is 0 Å². The van der Waals surface area contributed by atoms with E-state index in [1.165, 1.54) is 0 Å². The Labute approximate surface area is 157 Å². The van der Waals surface area contributed by atoms with Gasteiger partial charge < -0.3 is 9.47 Å². The molecular formula is C20H19ClN4O. The van der Waals surface area contributed by atoms with Gasteiger partial charge in [0.05, 0.1) is 22.5 Å². The van der Waals surface area contributed by atoms with Crippen LogP contribution in [0, 0.1) is 11.3 Å². The molecule has 1 aliphatic heterocycles. The van der Waals surface area contributed by atoms with Crippen LogP contribution in [0.25, 0.3) is 10.9 Å². The molecule has 1 aromatic heterocycles. The van der Waals surface area contributed by atoms with E-state index in [-0.39, 0.29) is 12.5 Å². The van der Waals surface area contributed by atoms with Crippen LogP contribution in [0.1, 0.15) is 26.3 Å². The van der Waals surface area contributed by atoms with Gasteiger partial charge in [-0.3, -0.25) is 4.79 Å². The van der Waals surface area contributed by atoms with E-state index in [1.54, 1.807) is 24.9 Å². The van der Waals surface area contributed by atoms with Crippen molar-refractivity contribution in [3.63, 3.8) is 0 Å². The van der Waals surface area contributed by atoms with Crippen LogP contribution in [0.2, 0.25) is 0 Å². The molecule has 0 radical (unpaired) electrons. The highest BCUT2D eigenvalue weighted by Gasteiger charge is 2.26. The number of nitriles is 1. The Balaban J connectivity index is 2.35. The maximum Gasteiger partial charge on any atom is 0.246 e. The van der Waals surface area contributed by atoms with Crippen molar-refractivity contribution in [3.8, 4) is 6.07 Å². The molecule has 0 unspecified atom stereocenters. The standard InChI is InChI=1S/C20H19ClN4O/c1-5-13(9-22)18(23-20(21)12(2)3)15-10-25-11-17(26)24(4)16-8-6-7-14(15)19(16)25/h5-8,10H,11H2,1-4H3/b13-5-,23-18?. The highest BCUT2D eigenvalue weighted by atomic mass is 35.5. The van der Waals surface area contributed by atoms with E-state index in [9.17, 15) is 10.1 Å². The van der Waals surface area contributed by atoms with E-state index in [0.717, 1.165) is 27.7 Å². The van der Waals surface area contributed by atoms with Gasteiger partial charge in [0.1, 0.15) is 17.8 Å². The van der Waals surface area contributed by atoms with E-state index >= 15 is 0 Å². The number of amides is 1. The first-order valence-corrected chi connectivity index (χ1v) is 8.64. The van der Waals surface area contributed by atoms with Crippen LogP contribution in [0.4, 0.5) is 5.69 Å². The number of allylic oxidation sites excluding steroid dienone is 3. The number of anilines is 1. The summed E-state index contributed by atoms with van der Waals surface area (Å²) in [5, 5.41) is 10.9. The number of carbonyl (C=O) groups excluding carboxylic acids is 1. The molecule has 0 saturated carbocycles. The fourth-order valence-corrected chi connectivity index (χ4v) is 3.12. The van der Waals surface area contributed by atoms with Gasteiger partial charge in [-0.2, -0.15) is 5.26 Å². The Hall–Kier alpha value is -2.84. The average molecular weight is 367 g/mol. The zero-order valence-electron chi connectivity index (χ0n) is 15.2. The number of nitrogens with zero attached hydrogens (tertiary/aromatic N) is 4. The van der Waals surface area contributed by atoms with Crippen molar-refractivity contribution < 1.29 is 4.79 Å². The summed E-state index contributed by atoms with van der Waals surface area (Å²) in [6, 6.07) is 8.00. The number of hydrogen-bond acceptors (Lipinski definition) is 3. The Kier molecular flexibility index (Phi) is 4.71. The van der Waals surface area contributed by atoms with Crippen LogP contribution in [0.15, 0.2) is 51.8 Å². The predicted molar refractivity (Wildman–Crippen MR) is 105 cm³/mol. The minimum absolute atomic E-state index is 0.0134. The summed E-state index contributed by atoms with van der Waals surface area (Å²) in [4.78, 5) is 18.5. The van der Waals surface area contributed by atoms with E-state index in [4.69, 9.17) is 11.6 Å². The molecule has 26 heavy (non-hydrogen) atoms. The highest BCUT2D eigenvalue weighted by molar-refractivity contribution is 6.32. The van der Waals surface area contributed by atoms with Crippen LogP contribution in [-0.2, 0) is 11.3 Å². The SMILES string of the molecule is C/C=C(/C#N)C(=NC(Cl)=C(C)C)c1cn2c3c(cccc13)N(C)C(=O)C2. The molecule has 0 fully saturated rings. The highest BCUT2D eigenvalue weighted by Crippen LogP contribution is 2.35. The van der Waals surface area contributed by atoms with Crippen LogP contribution < -0.4 is 4.90 Å². The third kappa shape index (κ3) is 2.83. The number of aliphatic imine (C=N–C) groups is 1. The molecule has 5 nitrogen and oxygen atoms in total. The number of carbonyl (C=O) groups is 1. The molecule has 3 rings (SSSR count). The van der Waals surface area contributed by atoms with Crippen LogP contribution in [-0.4, -0.2) is 23.2 Å². The summed E-state index contributed by atoms with van der Waals surface area (Å²) in [5.74, 6) is 0.0134. The average Bonchev–Trinajstić information content (AvgIpc) is 2.98. The normalized spacial score (nSPS) is 14.6. The number of rotatable bonds is 3. The summed E-state index contributed by atoms with van der Waals surface area (Å²) in [6.07, 6.45) is 3.60. The Bertz CT molecular complexity index is 1050. The second kappa shape index (κ2) is 6.81. The Morgan fingerprint density at radius 2 is 2.12 bits per heavy atom. The van der Waals surface area contributed by atoms with Gasteiger partial charge in [-0.1, -0.05) is 29.8 Å². The minimum Gasteiger partial charge on any atom is -0.336 e. The molecule has 1 amide bonds. The molecular weight excluding hydrogens is 348 g/mol. The van der Waals surface area contributed by atoms with Crippen molar-refractivity contribution in [3.05, 3.63) is 52.3 Å². The predicted octanol–water partition coefficient (Wildman–Crippen LogP) is 4.37. The number of halogens is 1. The maximum atomic E-state index is 12.3. The third-order valence-corrected chi connectivity index (χ3v) is 4.92. The quantitative estimate of drug-likeness (QED) is 0.460. The van der Waals surface area contributed by atoms with Gasteiger partial charge in [0.25, 0.3) is 0 Å². The van der Waals surface area contributed by atoms with Gasteiger partial charge in [-0.25, -0.2) is 4.99 Å². The zero-order valence-corrected chi connectivity index (χ0v) is 15.9. The van der Waals surface area contributed by atoms with E-state index in [2.05, 4.69) is 11.1 Å². The smallest absolute Gasteiger partial charge is 0.246 e. The first-order valence-electron chi connectivity index (χ1n) is 8.26. The molecule has 132 valence electrons. The second-order valence-corrected chi connectivity index (χ2v) is 6.72. The van der Waals surface area contributed by atoms with E-state index < -0.39 is 0 Å².